The first kappa shape index (κ1) is 21.6. The van der Waals surface area contributed by atoms with Crippen LogP contribution in [0.4, 0.5) is 5.69 Å². The number of fused-ring (bicyclic) bond motifs is 1. The molecule has 1 aliphatic rings. The van der Waals surface area contributed by atoms with Crippen molar-refractivity contribution in [2.45, 2.75) is 71.3 Å². The Kier molecular flexibility index (Phi) is 7.48. The number of nitrogens with zero attached hydrogens (tertiary/aromatic N) is 1. The summed E-state index contributed by atoms with van der Waals surface area (Å²) >= 11 is 0. The predicted octanol–water partition coefficient (Wildman–Crippen LogP) is 5.73. The first-order valence-electron chi connectivity index (χ1n) is 11.0. The molecule has 158 valence electrons. The minimum absolute atomic E-state index is 0.0335. The van der Waals surface area contributed by atoms with Crippen molar-refractivity contribution in [1.29, 1.82) is 0 Å². The summed E-state index contributed by atoms with van der Waals surface area (Å²) in [5.41, 5.74) is 0.808. The maximum Gasteiger partial charge on any atom is 0.256 e. The zero-order chi connectivity index (χ0) is 20.7. The SMILES string of the molecule is CCCOC1(C(=O)Nc2ccc(OCC(C)C)c3ncccc23)CCCCCC1. The van der Waals surface area contributed by atoms with E-state index in [-0.39, 0.29) is 5.91 Å². The fourth-order valence-corrected chi connectivity index (χ4v) is 3.90. The molecule has 1 aromatic heterocycles. The number of benzene rings is 1. The highest BCUT2D eigenvalue weighted by Crippen LogP contribution is 2.35. The van der Waals surface area contributed by atoms with Crippen LogP contribution in [-0.2, 0) is 9.53 Å². The van der Waals surface area contributed by atoms with Gasteiger partial charge in [0.05, 0.1) is 12.3 Å². The Balaban J connectivity index is 1.88. The van der Waals surface area contributed by atoms with Crippen LogP contribution in [0.15, 0.2) is 30.5 Å². The van der Waals surface area contributed by atoms with E-state index in [9.17, 15) is 4.79 Å². The van der Waals surface area contributed by atoms with Crippen LogP contribution < -0.4 is 10.1 Å². The monoisotopic (exact) mass is 398 g/mol. The minimum atomic E-state index is -0.728. The number of pyridine rings is 1. The van der Waals surface area contributed by atoms with Crippen LogP contribution in [0.5, 0.6) is 5.75 Å². The van der Waals surface area contributed by atoms with Gasteiger partial charge in [0, 0.05) is 18.2 Å². The highest BCUT2D eigenvalue weighted by Gasteiger charge is 2.39. The molecule has 1 fully saturated rings. The number of carbonyl (C=O) groups is 1. The van der Waals surface area contributed by atoms with E-state index in [1.807, 2.05) is 24.3 Å². The highest BCUT2D eigenvalue weighted by molar-refractivity contribution is 6.05. The number of ether oxygens (including phenoxy) is 2. The van der Waals surface area contributed by atoms with Crippen molar-refractivity contribution in [2.24, 2.45) is 5.92 Å². The van der Waals surface area contributed by atoms with Gasteiger partial charge in [0.1, 0.15) is 16.9 Å². The molecule has 0 radical (unpaired) electrons. The molecule has 0 bridgehead atoms. The van der Waals surface area contributed by atoms with Crippen molar-refractivity contribution in [3.05, 3.63) is 30.5 Å². The normalized spacial score (nSPS) is 16.6. The van der Waals surface area contributed by atoms with Crippen LogP contribution in [0.25, 0.3) is 10.9 Å². The third-order valence-electron chi connectivity index (χ3n) is 5.46. The minimum Gasteiger partial charge on any atom is -0.491 e. The molecular formula is C24H34N2O3. The lowest BCUT2D eigenvalue weighted by Crippen LogP contribution is -2.45. The molecule has 0 aliphatic heterocycles. The lowest BCUT2D eigenvalue weighted by Gasteiger charge is -2.31. The van der Waals surface area contributed by atoms with Crippen LogP contribution in [0.2, 0.25) is 0 Å². The van der Waals surface area contributed by atoms with Gasteiger partial charge in [0.15, 0.2) is 0 Å². The summed E-state index contributed by atoms with van der Waals surface area (Å²) in [4.78, 5) is 17.9. The zero-order valence-electron chi connectivity index (χ0n) is 18.0. The first-order chi connectivity index (χ1) is 14.1. The number of carbonyl (C=O) groups excluding carboxylic acids is 1. The molecule has 29 heavy (non-hydrogen) atoms. The average molecular weight is 399 g/mol. The fourth-order valence-electron chi connectivity index (χ4n) is 3.90. The van der Waals surface area contributed by atoms with Crippen molar-refractivity contribution in [3.63, 3.8) is 0 Å². The quantitative estimate of drug-likeness (QED) is 0.577. The maximum atomic E-state index is 13.4. The second-order valence-corrected chi connectivity index (χ2v) is 8.43. The maximum absolute atomic E-state index is 13.4. The molecule has 1 saturated carbocycles. The Hall–Kier alpha value is -2.14. The summed E-state index contributed by atoms with van der Waals surface area (Å²) < 4.78 is 12.1. The van der Waals surface area contributed by atoms with Crippen LogP contribution in [-0.4, -0.2) is 29.7 Å². The van der Waals surface area contributed by atoms with E-state index in [0.29, 0.717) is 19.1 Å². The van der Waals surface area contributed by atoms with E-state index < -0.39 is 5.60 Å². The number of nitrogens with one attached hydrogen (secondary N) is 1. The van der Waals surface area contributed by atoms with Crippen molar-refractivity contribution in [3.8, 4) is 5.75 Å². The standard InChI is InChI=1S/C24H34N2O3/c1-4-16-29-24(13-7-5-6-8-14-24)23(27)26-20-11-12-21(28-17-18(2)3)22-19(20)10-9-15-25-22/h9-12,15,18H,4-8,13-14,16-17H2,1-3H3,(H,26,27). The van der Waals surface area contributed by atoms with Gasteiger partial charge in [0.25, 0.3) is 5.91 Å². The van der Waals surface area contributed by atoms with Gasteiger partial charge < -0.3 is 14.8 Å². The Labute approximate surface area is 174 Å². The molecular weight excluding hydrogens is 364 g/mol. The third-order valence-corrected chi connectivity index (χ3v) is 5.46. The average Bonchev–Trinajstić information content (AvgIpc) is 2.98. The van der Waals surface area contributed by atoms with E-state index in [1.54, 1.807) is 6.20 Å². The van der Waals surface area contributed by atoms with Crippen molar-refractivity contribution in [1.82, 2.24) is 4.98 Å². The Morgan fingerprint density at radius 1 is 1.17 bits per heavy atom. The topological polar surface area (TPSA) is 60.5 Å². The van der Waals surface area contributed by atoms with Gasteiger partial charge in [-0.1, -0.05) is 46.5 Å². The van der Waals surface area contributed by atoms with E-state index in [1.165, 1.54) is 12.8 Å². The summed E-state index contributed by atoms with van der Waals surface area (Å²) in [7, 11) is 0. The van der Waals surface area contributed by atoms with Gasteiger partial charge in [0.2, 0.25) is 0 Å². The molecule has 1 aromatic carbocycles. The molecule has 1 amide bonds. The number of rotatable bonds is 8. The number of hydrogen-bond acceptors (Lipinski definition) is 4. The van der Waals surface area contributed by atoms with Crippen molar-refractivity contribution in [2.75, 3.05) is 18.5 Å². The summed E-state index contributed by atoms with van der Waals surface area (Å²) in [5, 5.41) is 4.05. The number of aromatic nitrogens is 1. The van der Waals surface area contributed by atoms with Gasteiger partial charge in [-0.05, 0) is 49.4 Å². The molecule has 0 saturated heterocycles. The van der Waals surface area contributed by atoms with Crippen LogP contribution in [0, 0.1) is 5.92 Å². The van der Waals surface area contributed by atoms with E-state index >= 15 is 0 Å². The largest absolute Gasteiger partial charge is 0.491 e. The molecule has 5 heteroatoms. The van der Waals surface area contributed by atoms with Gasteiger partial charge in [-0.2, -0.15) is 0 Å². The van der Waals surface area contributed by atoms with Crippen LogP contribution >= 0.6 is 0 Å². The first-order valence-corrected chi connectivity index (χ1v) is 11.0. The predicted molar refractivity (Wildman–Crippen MR) is 117 cm³/mol. The van der Waals surface area contributed by atoms with Gasteiger partial charge in [-0.3, -0.25) is 9.78 Å². The molecule has 1 N–H and O–H groups in total. The van der Waals surface area contributed by atoms with Gasteiger partial charge in [-0.15, -0.1) is 0 Å². The Bertz CT molecular complexity index is 811. The van der Waals surface area contributed by atoms with E-state index in [4.69, 9.17) is 9.47 Å². The van der Waals surface area contributed by atoms with Gasteiger partial charge in [-0.25, -0.2) is 0 Å². The molecule has 3 rings (SSSR count). The smallest absolute Gasteiger partial charge is 0.256 e. The molecule has 0 atom stereocenters. The summed E-state index contributed by atoms with van der Waals surface area (Å²) in [6.45, 7) is 7.56. The summed E-state index contributed by atoms with van der Waals surface area (Å²) in [5.74, 6) is 1.14. The van der Waals surface area contributed by atoms with E-state index in [0.717, 1.165) is 54.4 Å². The highest BCUT2D eigenvalue weighted by atomic mass is 16.5. The second kappa shape index (κ2) is 10.1. The van der Waals surface area contributed by atoms with E-state index in [2.05, 4.69) is 31.1 Å². The summed E-state index contributed by atoms with van der Waals surface area (Å²) in [6.07, 6.45) is 8.62. The molecule has 0 spiro atoms. The second-order valence-electron chi connectivity index (χ2n) is 8.43. The summed E-state index contributed by atoms with van der Waals surface area (Å²) in [6, 6.07) is 7.69. The molecule has 2 aromatic rings. The number of amides is 1. The third kappa shape index (κ3) is 5.27. The zero-order valence-corrected chi connectivity index (χ0v) is 18.0. The Morgan fingerprint density at radius 2 is 1.93 bits per heavy atom. The van der Waals surface area contributed by atoms with Crippen LogP contribution in [0.1, 0.15) is 65.7 Å². The van der Waals surface area contributed by atoms with Crippen LogP contribution in [0.3, 0.4) is 0 Å². The lowest BCUT2D eigenvalue weighted by atomic mass is 9.92. The van der Waals surface area contributed by atoms with Gasteiger partial charge >= 0.3 is 0 Å². The van der Waals surface area contributed by atoms with Crippen molar-refractivity contribution >= 4 is 22.5 Å². The fraction of sp³-hybridized carbons (Fsp3) is 0.583. The number of hydrogen-bond donors (Lipinski definition) is 1. The Morgan fingerprint density at radius 3 is 2.62 bits per heavy atom. The lowest BCUT2D eigenvalue weighted by molar-refractivity contribution is -0.143. The van der Waals surface area contributed by atoms with Crippen molar-refractivity contribution < 1.29 is 14.3 Å². The number of anilines is 1. The molecule has 5 nitrogen and oxygen atoms in total. The molecule has 1 aliphatic carbocycles. The molecule has 0 unspecified atom stereocenters. The molecule has 1 heterocycles.